The molecule has 366 valence electrons. The zero-order valence-electron chi connectivity index (χ0n) is 39.2. The third-order valence-electron chi connectivity index (χ3n) is 10.8. The van der Waals surface area contributed by atoms with Crippen molar-refractivity contribution in [1.82, 2.24) is 25.6 Å². The number of alkyl carbamates (subject to hydrolysis) is 2. The van der Waals surface area contributed by atoms with Crippen LogP contribution in [-0.4, -0.2) is 102 Å². The van der Waals surface area contributed by atoms with Crippen molar-refractivity contribution < 1.29 is 57.5 Å². The number of carbonyl (C=O) groups excluding carboxylic acids is 5. The SMILES string of the molecule is C=CC(=O)OCCNC(=O)OCC(CC)(COC(=O)NCCOC(=O)C=C)COC(=O)C(C)Oc1ccc(-c2nc(-c3ccc(-c4ccccc4)cc3)nc(-c3ccc(-c4ccccc4)cc3)n2)c(O)c1. The Bertz CT molecular complexity index is 2640. The first kappa shape index (κ1) is 51.5. The van der Waals surface area contributed by atoms with Crippen molar-refractivity contribution in [3.05, 3.63) is 153 Å². The van der Waals surface area contributed by atoms with Gasteiger partial charge in [0.2, 0.25) is 0 Å². The molecular weight excluding hydrogens is 911 g/mol. The molecule has 0 aliphatic rings. The van der Waals surface area contributed by atoms with E-state index in [0.717, 1.165) is 45.5 Å². The van der Waals surface area contributed by atoms with Crippen molar-refractivity contribution in [1.29, 1.82) is 0 Å². The van der Waals surface area contributed by atoms with Gasteiger partial charge >= 0.3 is 30.1 Å². The number of amides is 2. The summed E-state index contributed by atoms with van der Waals surface area (Å²) in [5.41, 5.74) is 4.64. The van der Waals surface area contributed by atoms with E-state index < -0.39 is 41.6 Å². The van der Waals surface area contributed by atoms with Gasteiger partial charge in [0.05, 0.1) is 24.1 Å². The summed E-state index contributed by atoms with van der Waals surface area (Å²) < 4.78 is 32.1. The van der Waals surface area contributed by atoms with Crippen molar-refractivity contribution in [2.24, 2.45) is 5.41 Å². The Kier molecular flexibility index (Phi) is 18.5. The Morgan fingerprint density at radius 1 is 0.577 bits per heavy atom. The lowest BCUT2D eigenvalue weighted by Crippen LogP contribution is -2.43. The van der Waals surface area contributed by atoms with Crippen LogP contribution in [0.5, 0.6) is 11.5 Å². The van der Waals surface area contributed by atoms with E-state index in [1.54, 1.807) is 19.1 Å². The molecule has 1 atom stereocenters. The quantitative estimate of drug-likeness (QED) is 0.0237. The van der Waals surface area contributed by atoms with Crippen molar-refractivity contribution in [3.63, 3.8) is 0 Å². The van der Waals surface area contributed by atoms with Crippen LogP contribution in [-0.2, 0) is 38.1 Å². The highest BCUT2D eigenvalue weighted by Gasteiger charge is 2.35. The summed E-state index contributed by atoms with van der Waals surface area (Å²) in [6.45, 7) is 8.22. The monoisotopic (exact) mass is 963 g/mol. The van der Waals surface area contributed by atoms with E-state index in [0.29, 0.717) is 11.6 Å². The molecule has 17 heteroatoms. The van der Waals surface area contributed by atoms with Crippen LogP contribution in [0.25, 0.3) is 56.4 Å². The van der Waals surface area contributed by atoms with Gasteiger partial charge in [-0.05, 0) is 47.7 Å². The Balaban J connectivity index is 1.16. The molecule has 0 radical (unpaired) electrons. The minimum atomic E-state index is -1.25. The third kappa shape index (κ3) is 15.1. The molecule has 6 rings (SSSR count). The minimum absolute atomic E-state index is 0.0706. The number of aromatic nitrogens is 3. The second-order valence-electron chi connectivity index (χ2n) is 15.8. The first-order chi connectivity index (χ1) is 34.4. The molecule has 6 aromatic rings. The van der Waals surface area contributed by atoms with E-state index in [-0.39, 0.29) is 75.4 Å². The number of ether oxygens (including phenoxy) is 6. The van der Waals surface area contributed by atoms with Crippen molar-refractivity contribution in [2.45, 2.75) is 26.4 Å². The second-order valence-corrected chi connectivity index (χ2v) is 15.8. The molecular formula is C54H53N5O12. The molecule has 5 aromatic carbocycles. The number of hydrogen-bond acceptors (Lipinski definition) is 15. The Hall–Kier alpha value is -8.86. The van der Waals surface area contributed by atoms with Crippen LogP contribution in [0.2, 0.25) is 0 Å². The summed E-state index contributed by atoms with van der Waals surface area (Å²) in [5.74, 6) is -1.32. The molecule has 0 bridgehead atoms. The van der Waals surface area contributed by atoms with E-state index in [2.05, 4.69) is 23.8 Å². The largest absolute Gasteiger partial charge is 0.507 e. The van der Waals surface area contributed by atoms with Crippen molar-refractivity contribution in [2.75, 3.05) is 46.1 Å². The molecule has 0 aliphatic carbocycles. The van der Waals surface area contributed by atoms with E-state index in [1.807, 2.05) is 109 Å². The average Bonchev–Trinajstić information content (AvgIpc) is 3.41. The first-order valence-electron chi connectivity index (χ1n) is 22.5. The number of phenolic OH excluding ortho intramolecular Hbond substituents is 1. The summed E-state index contributed by atoms with van der Waals surface area (Å²) >= 11 is 0. The Morgan fingerprint density at radius 2 is 1.00 bits per heavy atom. The summed E-state index contributed by atoms with van der Waals surface area (Å²) in [5, 5.41) is 16.3. The van der Waals surface area contributed by atoms with Gasteiger partial charge in [0.15, 0.2) is 23.6 Å². The number of benzene rings is 5. The molecule has 1 aromatic heterocycles. The second kappa shape index (κ2) is 25.5. The number of rotatable bonds is 23. The molecule has 0 saturated heterocycles. The van der Waals surface area contributed by atoms with E-state index in [9.17, 15) is 29.1 Å². The fraction of sp³-hybridized carbons (Fsp3) is 0.222. The van der Waals surface area contributed by atoms with Crippen LogP contribution in [0.15, 0.2) is 153 Å². The number of aromatic hydroxyl groups is 1. The lowest BCUT2D eigenvalue weighted by atomic mass is 9.88. The number of nitrogens with one attached hydrogen (secondary N) is 2. The predicted octanol–water partition coefficient (Wildman–Crippen LogP) is 8.53. The van der Waals surface area contributed by atoms with Crippen LogP contribution in [0, 0.1) is 5.41 Å². The zero-order chi connectivity index (χ0) is 50.6. The summed E-state index contributed by atoms with van der Waals surface area (Å²) in [7, 11) is 0. The Labute approximate surface area is 410 Å². The van der Waals surface area contributed by atoms with E-state index in [4.69, 9.17) is 43.4 Å². The average molecular weight is 964 g/mol. The molecule has 71 heavy (non-hydrogen) atoms. The molecule has 17 nitrogen and oxygen atoms in total. The third-order valence-corrected chi connectivity index (χ3v) is 10.8. The van der Waals surface area contributed by atoms with Crippen LogP contribution < -0.4 is 15.4 Å². The fourth-order valence-corrected chi connectivity index (χ4v) is 6.70. The maximum Gasteiger partial charge on any atom is 0.407 e. The molecule has 1 heterocycles. The van der Waals surface area contributed by atoms with Gasteiger partial charge in [-0.1, -0.05) is 129 Å². The molecule has 1 unspecified atom stereocenters. The smallest absolute Gasteiger partial charge is 0.407 e. The lowest BCUT2D eigenvalue weighted by molar-refractivity contribution is -0.157. The number of phenols is 1. The molecule has 2 amide bonds. The van der Waals surface area contributed by atoms with Gasteiger partial charge < -0.3 is 44.2 Å². The standard InChI is InChI=1S/C54H53N5O12/c1-5-46(61)66-30-28-55-52(64)69-34-54(7-3,35-70-53(65)56-29-31-67-47(62)6-2)33-68-51(63)36(4)71-43-26-27-44(45(60)32-43)50-58-48(41-22-18-39(19-23-41)37-14-10-8-11-15-37)57-49(59-50)42-24-20-40(21-25-42)38-16-12-9-13-17-38/h5-6,8-27,32,36,60H,1-2,7,28-31,33-35H2,3-4H3,(H,55,64)(H,56,65). The summed E-state index contributed by atoms with van der Waals surface area (Å²) in [6, 6.07) is 40.1. The highest BCUT2D eigenvalue weighted by Crippen LogP contribution is 2.34. The fourth-order valence-electron chi connectivity index (χ4n) is 6.70. The number of esters is 3. The minimum Gasteiger partial charge on any atom is -0.507 e. The molecule has 0 aliphatic heterocycles. The van der Waals surface area contributed by atoms with Gasteiger partial charge in [-0.2, -0.15) is 0 Å². The highest BCUT2D eigenvalue weighted by atomic mass is 16.6. The van der Waals surface area contributed by atoms with Gasteiger partial charge in [-0.15, -0.1) is 0 Å². The normalized spacial score (nSPS) is 11.2. The Morgan fingerprint density at radius 3 is 1.44 bits per heavy atom. The van der Waals surface area contributed by atoms with Crippen LogP contribution in [0.1, 0.15) is 20.3 Å². The van der Waals surface area contributed by atoms with E-state index >= 15 is 0 Å². The van der Waals surface area contributed by atoms with Gasteiger partial charge in [0.1, 0.15) is 44.5 Å². The van der Waals surface area contributed by atoms with Crippen molar-refractivity contribution >= 4 is 30.1 Å². The highest BCUT2D eigenvalue weighted by molar-refractivity contribution is 5.82. The number of carbonyl (C=O) groups is 5. The van der Waals surface area contributed by atoms with Crippen LogP contribution >= 0.6 is 0 Å². The van der Waals surface area contributed by atoms with Crippen LogP contribution in [0.4, 0.5) is 9.59 Å². The summed E-state index contributed by atoms with van der Waals surface area (Å²) in [4.78, 5) is 75.7. The first-order valence-corrected chi connectivity index (χ1v) is 22.5. The predicted molar refractivity (Wildman–Crippen MR) is 263 cm³/mol. The maximum absolute atomic E-state index is 13.4. The topological polar surface area (TPSA) is 224 Å². The zero-order valence-corrected chi connectivity index (χ0v) is 39.2. The molecule has 3 N–H and O–H groups in total. The van der Waals surface area contributed by atoms with Gasteiger partial charge in [0, 0.05) is 29.3 Å². The maximum atomic E-state index is 13.4. The lowest BCUT2D eigenvalue weighted by Gasteiger charge is -2.31. The van der Waals surface area contributed by atoms with Gasteiger partial charge in [0.25, 0.3) is 0 Å². The van der Waals surface area contributed by atoms with Crippen LogP contribution in [0.3, 0.4) is 0 Å². The van der Waals surface area contributed by atoms with Gasteiger partial charge in [-0.3, -0.25) is 0 Å². The van der Waals surface area contributed by atoms with E-state index in [1.165, 1.54) is 13.0 Å². The number of nitrogens with zero attached hydrogens (tertiary/aromatic N) is 3. The molecule has 0 fully saturated rings. The summed E-state index contributed by atoms with van der Waals surface area (Å²) in [6.07, 6.45) is -0.817. The van der Waals surface area contributed by atoms with Gasteiger partial charge in [-0.25, -0.2) is 38.9 Å². The number of hydrogen-bond donors (Lipinski definition) is 3. The molecule has 0 spiro atoms. The molecule has 0 saturated carbocycles. The van der Waals surface area contributed by atoms with Crippen molar-refractivity contribution in [3.8, 4) is 67.9 Å².